The normalized spacial score (nSPS) is 12.3. The maximum absolute atomic E-state index is 10.7. The molecule has 7 nitrogen and oxygen atoms in total. The molecule has 0 amide bonds. The van der Waals surface area contributed by atoms with Crippen molar-refractivity contribution in [3.05, 3.63) is 0 Å². The van der Waals surface area contributed by atoms with Gasteiger partial charge in [0.25, 0.3) is 0 Å². The molecule has 0 heterocycles. The van der Waals surface area contributed by atoms with Gasteiger partial charge in [0.15, 0.2) is 0 Å². The largest absolute Gasteiger partial charge is 0.481 e. The number of aliphatic hydroxyl groups excluding tert-OH is 1. The van der Waals surface area contributed by atoms with E-state index in [9.17, 15) is 9.59 Å². The molecule has 19 heavy (non-hydrogen) atoms. The number of hydrogen-bond donors (Lipinski definition) is 3. The minimum absolute atomic E-state index is 0.0171. The van der Waals surface area contributed by atoms with E-state index in [1.54, 1.807) is 0 Å². The molecule has 3 N–H and O–H groups in total. The van der Waals surface area contributed by atoms with Crippen LogP contribution in [0.1, 0.15) is 12.8 Å². The molecule has 0 radical (unpaired) electrons. The van der Waals surface area contributed by atoms with Crippen molar-refractivity contribution in [2.75, 3.05) is 38.8 Å². The van der Waals surface area contributed by atoms with Gasteiger partial charge in [-0.05, 0) is 12.2 Å². The van der Waals surface area contributed by atoms with Gasteiger partial charge in [-0.15, -0.1) is 11.8 Å². The predicted octanol–water partition coefficient (Wildman–Crippen LogP) is 0.0631. The maximum atomic E-state index is 10.7. The molecule has 0 bridgehead atoms. The topological polar surface area (TPSA) is 113 Å². The van der Waals surface area contributed by atoms with Crippen molar-refractivity contribution >= 4 is 23.7 Å². The van der Waals surface area contributed by atoms with Crippen LogP contribution in [-0.4, -0.2) is 71.3 Å². The lowest BCUT2D eigenvalue weighted by atomic mass is 10.3. The number of carbonyl (C=O) groups is 2. The number of aliphatic carboxylic acids is 2. The molecule has 0 rings (SSSR count). The summed E-state index contributed by atoms with van der Waals surface area (Å²) < 4.78 is 10.2. The molecule has 0 aliphatic heterocycles. The second-order valence-corrected chi connectivity index (χ2v) is 4.91. The number of hydrogen-bond acceptors (Lipinski definition) is 6. The summed E-state index contributed by atoms with van der Waals surface area (Å²) in [7, 11) is 0. The summed E-state index contributed by atoms with van der Waals surface area (Å²) in [6, 6.07) is 0. The zero-order valence-corrected chi connectivity index (χ0v) is 11.4. The summed E-state index contributed by atoms with van der Waals surface area (Å²) in [5.74, 6) is -1.69. The van der Waals surface area contributed by atoms with Gasteiger partial charge in [0.05, 0.1) is 32.8 Å². The number of rotatable bonds is 13. The Morgan fingerprint density at radius 1 is 1.05 bits per heavy atom. The van der Waals surface area contributed by atoms with Crippen LogP contribution in [0.5, 0.6) is 0 Å². The maximum Gasteiger partial charge on any atom is 0.317 e. The highest BCUT2D eigenvalue weighted by Crippen LogP contribution is 2.16. The lowest BCUT2D eigenvalue weighted by molar-refractivity contribution is -0.142. The standard InChI is InChI=1S/C11H20O7S/c12-2-4-18-6-5-17-3-1-7-19-9(11(15)16)8-10(13)14/h9,12H,1-8H2,(H,13,14)(H,15,16). The van der Waals surface area contributed by atoms with E-state index >= 15 is 0 Å². The van der Waals surface area contributed by atoms with Crippen molar-refractivity contribution in [2.24, 2.45) is 0 Å². The molecule has 0 spiro atoms. The van der Waals surface area contributed by atoms with E-state index in [0.717, 1.165) is 11.8 Å². The summed E-state index contributed by atoms with van der Waals surface area (Å²) in [5, 5.41) is 24.9. The molecule has 8 heteroatoms. The van der Waals surface area contributed by atoms with Crippen molar-refractivity contribution in [3.63, 3.8) is 0 Å². The smallest absolute Gasteiger partial charge is 0.317 e. The third kappa shape index (κ3) is 12.0. The van der Waals surface area contributed by atoms with Crippen molar-refractivity contribution in [1.82, 2.24) is 0 Å². The number of ether oxygens (including phenoxy) is 2. The summed E-state index contributed by atoms with van der Waals surface area (Å²) in [5.41, 5.74) is 0. The van der Waals surface area contributed by atoms with Crippen LogP contribution in [0.4, 0.5) is 0 Å². The molecule has 0 saturated heterocycles. The van der Waals surface area contributed by atoms with Gasteiger partial charge in [0.2, 0.25) is 0 Å². The van der Waals surface area contributed by atoms with Gasteiger partial charge in [0.1, 0.15) is 5.25 Å². The summed E-state index contributed by atoms with van der Waals surface area (Å²) in [4.78, 5) is 21.2. The highest BCUT2D eigenvalue weighted by atomic mass is 32.2. The van der Waals surface area contributed by atoms with E-state index in [2.05, 4.69) is 0 Å². The first kappa shape index (κ1) is 18.2. The van der Waals surface area contributed by atoms with Gasteiger partial charge in [-0.3, -0.25) is 9.59 Å². The van der Waals surface area contributed by atoms with Crippen LogP contribution in [0.15, 0.2) is 0 Å². The van der Waals surface area contributed by atoms with Crippen LogP contribution in [0.25, 0.3) is 0 Å². The minimum Gasteiger partial charge on any atom is -0.481 e. The third-order valence-corrected chi connectivity index (χ3v) is 3.29. The molecule has 1 atom stereocenters. The Balaban J connectivity index is 3.45. The Morgan fingerprint density at radius 3 is 2.21 bits per heavy atom. The SMILES string of the molecule is O=C(O)CC(SCCCOCCOCCO)C(=O)O. The summed E-state index contributed by atoms with van der Waals surface area (Å²) in [6.45, 7) is 1.56. The average molecular weight is 296 g/mol. The molecule has 0 aromatic heterocycles. The van der Waals surface area contributed by atoms with Gasteiger partial charge < -0.3 is 24.8 Å². The van der Waals surface area contributed by atoms with E-state index in [1.165, 1.54) is 0 Å². The fraction of sp³-hybridized carbons (Fsp3) is 0.818. The third-order valence-electron chi connectivity index (χ3n) is 2.00. The van der Waals surface area contributed by atoms with Gasteiger partial charge in [-0.1, -0.05) is 0 Å². The second-order valence-electron chi connectivity index (χ2n) is 3.60. The van der Waals surface area contributed by atoms with Crippen molar-refractivity contribution in [3.8, 4) is 0 Å². The Bertz CT molecular complexity index is 259. The Kier molecular flexibility index (Phi) is 11.7. The summed E-state index contributed by atoms with van der Waals surface area (Å²) >= 11 is 1.11. The van der Waals surface area contributed by atoms with Gasteiger partial charge in [-0.2, -0.15) is 0 Å². The Hall–Kier alpha value is -0.830. The van der Waals surface area contributed by atoms with Gasteiger partial charge >= 0.3 is 11.9 Å². The monoisotopic (exact) mass is 296 g/mol. The number of aliphatic hydroxyl groups is 1. The van der Waals surface area contributed by atoms with Gasteiger partial charge in [0, 0.05) is 6.61 Å². The minimum atomic E-state index is -1.11. The molecule has 0 fully saturated rings. The first-order valence-electron chi connectivity index (χ1n) is 5.90. The molecule has 112 valence electrons. The fourth-order valence-electron chi connectivity index (χ4n) is 1.15. The quantitative estimate of drug-likeness (QED) is 0.409. The second kappa shape index (κ2) is 12.2. The molecule has 1 unspecified atom stereocenters. The van der Waals surface area contributed by atoms with Crippen LogP contribution in [-0.2, 0) is 19.1 Å². The molecule has 0 aromatic carbocycles. The predicted molar refractivity (Wildman–Crippen MR) is 69.5 cm³/mol. The van der Waals surface area contributed by atoms with Crippen molar-refractivity contribution in [2.45, 2.75) is 18.1 Å². The van der Waals surface area contributed by atoms with E-state index in [4.69, 9.17) is 24.8 Å². The molecule has 0 saturated carbocycles. The van der Waals surface area contributed by atoms with Crippen LogP contribution < -0.4 is 0 Å². The van der Waals surface area contributed by atoms with Crippen LogP contribution in [0.2, 0.25) is 0 Å². The number of carboxylic acids is 2. The molecular weight excluding hydrogens is 276 g/mol. The van der Waals surface area contributed by atoms with Crippen molar-refractivity contribution < 1.29 is 34.4 Å². The first-order valence-corrected chi connectivity index (χ1v) is 6.95. The van der Waals surface area contributed by atoms with Crippen LogP contribution >= 0.6 is 11.8 Å². The van der Waals surface area contributed by atoms with Gasteiger partial charge in [-0.25, -0.2) is 0 Å². The average Bonchev–Trinajstić information content (AvgIpc) is 2.34. The zero-order valence-electron chi connectivity index (χ0n) is 10.6. The van der Waals surface area contributed by atoms with Crippen LogP contribution in [0.3, 0.4) is 0 Å². The molecule has 0 aromatic rings. The zero-order chi connectivity index (χ0) is 14.5. The lowest BCUT2D eigenvalue weighted by Crippen LogP contribution is -2.21. The molecular formula is C11H20O7S. The van der Waals surface area contributed by atoms with E-state index in [-0.39, 0.29) is 19.6 Å². The highest BCUT2D eigenvalue weighted by Gasteiger charge is 2.20. The molecule has 0 aliphatic carbocycles. The van der Waals surface area contributed by atoms with E-state index in [0.29, 0.717) is 32.0 Å². The fourth-order valence-corrected chi connectivity index (χ4v) is 2.12. The summed E-state index contributed by atoms with van der Waals surface area (Å²) in [6.07, 6.45) is 0.268. The Morgan fingerprint density at radius 2 is 1.68 bits per heavy atom. The number of thioether (sulfide) groups is 1. The van der Waals surface area contributed by atoms with E-state index in [1.807, 2.05) is 0 Å². The van der Waals surface area contributed by atoms with Crippen LogP contribution in [0, 0.1) is 0 Å². The molecule has 0 aliphatic rings. The van der Waals surface area contributed by atoms with Crippen molar-refractivity contribution in [1.29, 1.82) is 0 Å². The first-order chi connectivity index (χ1) is 9.07. The lowest BCUT2D eigenvalue weighted by Gasteiger charge is -2.09. The number of carboxylic acid groups (broad SMARTS) is 2. The Labute approximate surface area is 115 Å². The highest BCUT2D eigenvalue weighted by molar-refractivity contribution is 8.00. The van der Waals surface area contributed by atoms with E-state index < -0.39 is 17.2 Å².